The monoisotopic (exact) mass is 425 g/mol. The lowest BCUT2D eigenvalue weighted by Gasteiger charge is -2.23. The Hall–Kier alpha value is -2.82. The minimum atomic E-state index is -0.778. The molecule has 1 aliphatic heterocycles. The summed E-state index contributed by atoms with van der Waals surface area (Å²) in [7, 11) is 0. The Morgan fingerprint density at radius 2 is 1.97 bits per heavy atom. The third-order valence-electron chi connectivity index (χ3n) is 6.03. The van der Waals surface area contributed by atoms with Crippen LogP contribution in [0.1, 0.15) is 32.1 Å². The molecule has 1 aromatic carbocycles. The van der Waals surface area contributed by atoms with E-state index >= 15 is 0 Å². The van der Waals surface area contributed by atoms with Gasteiger partial charge in [-0.15, -0.1) is 5.10 Å². The van der Waals surface area contributed by atoms with Crippen LogP contribution in [0.2, 0.25) is 0 Å². The number of benzene rings is 1. The lowest BCUT2D eigenvalue weighted by Crippen LogP contribution is -2.29. The number of nitrogens with one attached hydrogen (secondary N) is 1. The lowest BCUT2D eigenvalue weighted by molar-refractivity contribution is 0.0256. The first-order valence-corrected chi connectivity index (χ1v) is 10.8. The Balaban J connectivity index is 1.31. The predicted octanol–water partition coefficient (Wildman–Crippen LogP) is 1.63. The number of rotatable bonds is 6. The van der Waals surface area contributed by atoms with Gasteiger partial charge in [-0.25, -0.2) is 4.98 Å². The van der Waals surface area contributed by atoms with E-state index in [4.69, 9.17) is 15.2 Å². The first-order valence-electron chi connectivity index (χ1n) is 10.8. The molecule has 164 valence electrons. The van der Waals surface area contributed by atoms with Gasteiger partial charge in [-0.3, -0.25) is 0 Å². The number of anilines is 1. The molecule has 3 aromatic rings. The molecular formula is C21H27N7O3. The van der Waals surface area contributed by atoms with Crippen LogP contribution in [0, 0.1) is 5.92 Å². The van der Waals surface area contributed by atoms with E-state index in [2.05, 4.69) is 25.6 Å². The van der Waals surface area contributed by atoms with Gasteiger partial charge < -0.3 is 25.6 Å². The minimum Gasteiger partial charge on any atom is -0.490 e. The van der Waals surface area contributed by atoms with Crippen LogP contribution in [0.3, 0.4) is 0 Å². The van der Waals surface area contributed by atoms with E-state index in [1.807, 2.05) is 24.3 Å². The number of aliphatic hydroxyl groups is 1. The van der Waals surface area contributed by atoms with Crippen LogP contribution in [0.4, 0.5) is 5.95 Å². The molecule has 1 saturated heterocycles. The van der Waals surface area contributed by atoms with Crippen LogP contribution in [0.25, 0.3) is 16.9 Å². The fourth-order valence-corrected chi connectivity index (χ4v) is 4.26. The third-order valence-corrected chi connectivity index (χ3v) is 6.03. The van der Waals surface area contributed by atoms with E-state index in [1.165, 1.54) is 0 Å². The number of aliphatic hydroxyl groups excluding tert-OH is 1. The fourth-order valence-electron chi connectivity index (χ4n) is 4.26. The van der Waals surface area contributed by atoms with E-state index in [9.17, 15) is 5.11 Å². The number of nitrogens with zero attached hydrogens (tertiary/aromatic N) is 5. The Morgan fingerprint density at radius 3 is 2.71 bits per heavy atom. The van der Waals surface area contributed by atoms with Crippen molar-refractivity contribution in [2.75, 3.05) is 18.5 Å². The van der Waals surface area contributed by atoms with Crippen molar-refractivity contribution in [1.29, 1.82) is 0 Å². The molecule has 3 atom stereocenters. The van der Waals surface area contributed by atoms with Crippen molar-refractivity contribution in [1.82, 2.24) is 25.0 Å². The first-order chi connectivity index (χ1) is 15.2. The molecule has 10 heteroatoms. The van der Waals surface area contributed by atoms with Crippen molar-refractivity contribution in [3.8, 4) is 11.4 Å². The average molecular weight is 425 g/mol. The van der Waals surface area contributed by atoms with Gasteiger partial charge in [0.2, 0.25) is 5.95 Å². The van der Waals surface area contributed by atoms with Crippen molar-refractivity contribution >= 4 is 17.1 Å². The third kappa shape index (κ3) is 4.46. The summed E-state index contributed by atoms with van der Waals surface area (Å²) < 4.78 is 13.1. The second-order valence-electron chi connectivity index (χ2n) is 8.23. The molecule has 0 amide bonds. The normalized spacial score (nSPS) is 23.2. The molecule has 3 unspecified atom stereocenters. The van der Waals surface area contributed by atoms with Crippen LogP contribution in [-0.4, -0.2) is 61.7 Å². The molecule has 1 aliphatic carbocycles. The summed E-state index contributed by atoms with van der Waals surface area (Å²) in [6.45, 7) is 1.50. The number of hydrogen-bond acceptors (Lipinski definition) is 9. The molecular weight excluding hydrogens is 398 g/mol. The van der Waals surface area contributed by atoms with Gasteiger partial charge in [-0.05, 0) is 43.5 Å². The molecule has 31 heavy (non-hydrogen) atoms. The highest BCUT2D eigenvalue weighted by atomic mass is 16.5. The Labute approximate surface area is 179 Å². The Bertz CT molecular complexity index is 1020. The van der Waals surface area contributed by atoms with E-state index in [-0.39, 0.29) is 18.1 Å². The summed E-state index contributed by atoms with van der Waals surface area (Å²) in [6.07, 6.45) is 5.52. The smallest absolute Gasteiger partial charge is 0.225 e. The molecule has 5 rings (SSSR count). The summed E-state index contributed by atoms with van der Waals surface area (Å²) in [6, 6.07) is 7.96. The Morgan fingerprint density at radius 1 is 1.16 bits per heavy atom. The maximum absolute atomic E-state index is 9.61. The summed E-state index contributed by atoms with van der Waals surface area (Å²) in [5.74, 6) is 1.46. The fraction of sp³-hybridized carbons (Fsp3) is 0.524. The van der Waals surface area contributed by atoms with Gasteiger partial charge in [-0.2, -0.15) is 9.67 Å². The lowest BCUT2D eigenvalue weighted by atomic mass is 10.1. The topological polar surface area (TPSA) is 133 Å². The highest BCUT2D eigenvalue weighted by Gasteiger charge is 2.28. The van der Waals surface area contributed by atoms with E-state index in [1.54, 1.807) is 10.9 Å². The van der Waals surface area contributed by atoms with E-state index < -0.39 is 6.23 Å². The predicted molar refractivity (Wildman–Crippen MR) is 114 cm³/mol. The molecule has 2 aromatic heterocycles. The summed E-state index contributed by atoms with van der Waals surface area (Å²) in [5.41, 5.74) is 7.72. The number of aromatic nitrogens is 5. The van der Waals surface area contributed by atoms with Gasteiger partial charge in [-0.1, -0.05) is 5.21 Å². The molecule has 0 radical (unpaired) electrons. The number of nitrogens with two attached hydrogens (primary N) is 1. The van der Waals surface area contributed by atoms with Gasteiger partial charge in [0.25, 0.3) is 0 Å². The number of fused-ring (bicyclic) bond motifs is 1. The number of hydrogen-bond donors (Lipinski definition) is 3. The largest absolute Gasteiger partial charge is 0.490 e. The quantitative estimate of drug-likeness (QED) is 0.504. The van der Waals surface area contributed by atoms with Gasteiger partial charge in [0.05, 0.1) is 25.1 Å². The van der Waals surface area contributed by atoms with Gasteiger partial charge in [0, 0.05) is 24.8 Å². The minimum absolute atomic E-state index is 0.107. The van der Waals surface area contributed by atoms with Gasteiger partial charge in [0.15, 0.2) is 11.2 Å². The van der Waals surface area contributed by atoms with E-state index in [0.717, 1.165) is 56.8 Å². The summed E-state index contributed by atoms with van der Waals surface area (Å²) in [5, 5.41) is 21.4. The highest BCUT2D eigenvalue weighted by Crippen LogP contribution is 2.29. The van der Waals surface area contributed by atoms with Gasteiger partial charge >= 0.3 is 0 Å². The maximum atomic E-state index is 9.61. The van der Waals surface area contributed by atoms with Crippen LogP contribution < -0.4 is 15.8 Å². The van der Waals surface area contributed by atoms with Crippen molar-refractivity contribution in [3.63, 3.8) is 0 Å². The molecule has 10 nitrogen and oxygen atoms in total. The molecule has 2 fully saturated rings. The van der Waals surface area contributed by atoms with Crippen molar-refractivity contribution < 1.29 is 14.6 Å². The SMILES string of the molecule is NC(O)C1CCC(Nc2ncc3nnn(-c4ccc(OC5CCOCC5)cc4)c3n2)C1. The van der Waals surface area contributed by atoms with Crippen LogP contribution in [0.15, 0.2) is 30.5 Å². The van der Waals surface area contributed by atoms with Crippen LogP contribution in [0.5, 0.6) is 5.75 Å². The zero-order valence-corrected chi connectivity index (χ0v) is 17.2. The molecule has 4 N–H and O–H groups in total. The zero-order chi connectivity index (χ0) is 21.2. The van der Waals surface area contributed by atoms with Crippen LogP contribution >= 0.6 is 0 Å². The maximum Gasteiger partial charge on any atom is 0.225 e. The number of ether oxygens (including phenoxy) is 2. The standard InChI is InChI=1S/C21H27N7O3/c22-19(29)13-1-2-14(11-13)24-21-23-12-18-20(25-21)28(27-26-18)15-3-5-16(6-4-15)31-17-7-9-30-10-8-17/h3-6,12-14,17,19,29H,1-2,7-11,22H2,(H,23,24,25). The second-order valence-corrected chi connectivity index (χ2v) is 8.23. The van der Waals surface area contributed by atoms with Crippen LogP contribution in [-0.2, 0) is 4.74 Å². The van der Waals surface area contributed by atoms with E-state index in [0.29, 0.717) is 17.1 Å². The zero-order valence-electron chi connectivity index (χ0n) is 17.2. The molecule has 3 heterocycles. The Kier molecular flexibility index (Phi) is 5.66. The van der Waals surface area contributed by atoms with Crippen molar-refractivity contribution in [2.24, 2.45) is 11.7 Å². The summed E-state index contributed by atoms with van der Waals surface area (Å²) in [4.78, 5) is 9.00. The highest BCUT2D eigenvalue weighted by molar-refractivity contribution is 5.72. The first kappa shape index (κ1) is 20.1. The molecule has 1 saturated carbocycles. The average Bonchev–Trinajstić information content (AvgIpc) is 3.42. The molecule has 0 spiro atoms. The van der Waals surface area contributed by atoms with Crippen molar-refractivity contribution in [2.45, 2.75) is 50.5 Å². The van der Waals surface area contributed by atoms with Gasteiger partial charge in [0.1, 0.15) is 18.1 Å². The molecule has 0 bridgehead atoms. The van der Waals surface area contributed by atoms with Crippen molar-refractivity contribution in [3.05, 3.63) is 30.5 Å². The molecule has 2 aliphatic rings. The second kappa shape index (κ2) is 8.74. The summed E-state index contributed by atoms with van der Waals surface area (Å²) >= 11 is 0.